The van der Waals surface area contributed by atoms with Crippen molar-refractivity contribution in [2.75, 3.05) is 11.9 Å². The van der Waals surface area contributed by atoms with Crippen molar-refractivity contribution < 1.29 is 0 Å². The maximum atomic E-state index is 3.62. The number of nitrogens with zero attached hydrogens (tertiary/aromatic N) is 1. The fourth-order valence-electron chi connectivity index (χ4n) is 2.06. The fourth-order valence-corrected chi connectivity index (χ4v) is 3.45. The molecule has 3 heteroatoms. The maximum absolute atomic E-state index is 3.62. The Kier molecular flexibility index (Phi) is 4.02. The van der Waals surface area contributed by atoms with Crippen LogP contribution >= 0.6 is 27.3 Å². The van der Waals surface area contributed by atoms with Crippen LogP contribution in [0.2, 0.25) is 0 Å². The van der Waals surface area contributed by atoms with Gasteiger partial charge in [0, 0.05) is 17.9 Å². The lowest BCUT2D eigenvalue weighted by atomic mass is 10.0. The number of hydrogen-bond acceptors (Lipinski definition) is 2. The molecule has 0 aliphatic carbocycles. The molecule has 0 N–H and O–H groups in total. The molecule has 1 aromatic rings. The Hall–Kier alpha value is 0.140. The first kappa shape index (κ1) is 10.7. The summed E-state index contributed by atoms with van der Waals surface area (Å²) >= 11 is 5.41. The lowest BCUT2D eigenvalue weighted by Crippen LogP contribution is -2.39. The Bertz CT molecular complexity index is 260. The maximum Gasteiger partial charge on any atom is 0.0245 e. The average Bonchev–Trinajstić information content (AvgIpc) is 2.71. The molecule has 14 heavy (non-hydrogen) atoms. The highest BCUT2D eigenvalue weighted by molar-refractivity contribution is 9.09. The lowest BCUT2D eigenvalue weighted by Gasteiger charge is -2.34. The van der Waals surface area contributed by atoms with Crippen molar-refractivity contribution in [3.8, 4) is 0 Å². The highest BCUT2D eigenvalue weighted by atomic mass is 79.9. The highest BCUT2D eigenvalue weighted by Gasteiger charge is 2.20. The number of hydrogen-bond donors (Lipinski definition) is 0. The molecule has 78 valence electrons. The second-order valence-corrected chi connectivity index (χ2v) is 5.33. The van der Waals surface area contributed by atoms with Crippen LogP contribution in [0.3, 0.4) is 0 Å². The Morgan fingerprint density at radius 2 is 2.43 bits per heavy atom. The van der Waals surface area contributed by atoms with Gasteiger partial charge in [-0.05, 0) is 41.8 Å². The van der Waals surface area contributed by atoms with Crippen molar-refractivity contribution in [2.24, 2.45) is 0 Å². The first-order valence-electron chi connectivity index (χ1n) is 5.21. The van der Waals surface area contributed by atoms with Crippen LogP contribution in [-0.2, 0) is 6.54 Å². The Morgan fingerprint density at radius 3 is 3.14 bits per heavy atom. The molecule has 1 nitrogen and oxygen atoms in total. The molecule has 1 unspecified atom stereocenters. The summed E-state index contributed by atoms with van der Waals surface area (Å²) in [7, 11) is 0. The molecule has 0 spiro atoms. The molecule has 1 atom stereocenters. The number of likely N-dealkylation sites (tertiary alicyclic amines) is 1. The molecule has 1 aliphatic rings. The number of thiophene rings is 1. The molecule has 2 heterocycles. The first-order chi connectivity index (χ1) is 6.90. The SMILES string of the molecule is BrCC1CCCCN1Cc1ccsc1. The normalized spacial score (nSPS) is 23.9. The van der Waals surface area contributed by atoms with Gasteiger partial charge in [-0.2, -0.15) is 11.3 Å². The number of alkyl halides is 1. The summed E-state index contributed by atoms with van der Waals surface area (Å²) in [5, 5.41) is 5.56. The van der Waals surface area contributed by atoms with Crippen LogP contribution in [0.25, 0.3) is 0 Å². The number of rotatable bonds is 3. The minimum atomic E-state index is 0.753. The summed E-state index contributed by atoms with van der Waals surface area (Å²) in [6.07, 6.45) is 4.12. The summed E-state index contributed by atoms with van der Waals surface area (Å²) in [5.74, 6) is 0. The Morgan fingerprint density at radius 1 is 1.50 bits per heavy atom. The van der Waals surface area contributed by atoms with E-state index in [1.165, 1.54) is 31.4 Å². The third-order valence-electron chi connectivity index (χ3n) is 2.89. The van der Waals surface area contributed by atoms with E-state index in [1.807, 2.05) is 0 Å². The third-order valence-corrected chi connectivity index (χ3v) is 4.37. The second-order valence-electron chi connectivity index (χ2n) is 3.91. The van der Waals surface area contributed by atoms with Crippen LogP contribution in [0.1, 0.15) is 24.8 Å². The van der Waals surface area contributed by atoms with Crippen molar-refractivity contribution in [3.63, 3.8) is 0 Å². The molecule has 0 radical (unpaired) electrons. The summed E-state index contributed by atoms with van der Waals surface area (Å²) in [5.41, 5.74) is 1.47. The molecule has 2 rings (SSSR count). The third kappa shape index (κ3) is 2.59. The van der Waals surface area contributed by atoms with E-state index in [9.17, 15) is 0 Å². The molecule has 1 aliphatic heterocycles. The lowest BCUT2D eigenvalue weighted by molar-refractivity contribution is 0.157. The number of halogens is 1. The van der Waals surface area contributed by atoms with Gasteiger partial charge in [0.2, 0.25) is 0 Å². The van der Waals surface area contributed by atoms with Gasteiger partial charge in [0.15, 0.2) is 0 Å². The zero-order chi connectivity index (χ0) is 9.80. The average molecular weight is 274 g/mol. The fraction of sp³-hybridized carbons (Fsp3) is 0.636. The van der Waals surface area contributed by atoms with Gasteiger partial charge in [-0.1, -0.05) is 22.4 Å². The number of piperidine rings is 1. The monoisotopic (exact) mass is 273 g/mol. The predicted molar refractivity (Wildman–Crippen MR) is 66.2 cm³/mol. The van der Waals surface area contributed by atoms with Gasteiger partial charge < -0.3 is 0 Å². The van der Waals surface area contributed by atoms with E-state index in [-0.39, 0.29) is 0 Å². The van der Waals surface area contributed by atoms with E-state index >= 15 is 0 Å². The van der Waals surface area contributed by atoms with Crippen molar-refractivity contribution in [1.82, 2.24) is 4.90 Å². The van der Waals surface area contributed by atoms with E-state index in [4.69, 9.17) is 0 Å². The molecule has 0 aromatic carbocycles. The van der Waals surface area contributed by atoms with Crippen LogP contribution in [0, 0.1) is 0 Å². The van der Waals surface area contributed by atoms with Crippen molar-refractivity contribution in [1.29, 1.82) is 0 Å². The van der Waals surface area contributed by atoms with Gasteiger partial charge in [0.1, 0.15) is 0 Å². The van der Waals surface area contributed by atoms with E-state index in [1.54, 1.807) is 11.3 Å². The van der Waals surface area contributed by atoms with Crippen LogP contribution in [0.15, 0.2) is 16.8 Å². The van der Waals surface area contributed by atoms with Gasteiger partial charge in [-0.25, -0.2) is 0 Å². The molecule has 0 saturated carbocycles. The van der Waals surface area contributed by atoms with Crippen molar-refractivity contribution in [2.45, 2.75) is 31.8 Å². The van der Waals surface area contributed by atoms with Crippen LogP contribution in [0.4, 0.5) is 0 Å². The minimum absolute atomic E-state index is 0.753. The largest absolute Gasteiger partial charge is 0.295 e. The molecule has 0 amide bonds. The topological polar surface area (TPSA) is 3.24 Å². The molecule has 1 aromatic heterocycles. The highest BCUT2D eigenvalue weighted by Crippen LogP contribution is 2.21. The minimum Gasteiger partial charge on any atom is -0.295 e. The van der Waals surface area contributed by atoms with Crippen LogP contribution in [0.5, 0.6) is 0 Å². The van der Waals surface area contributed by atoms with E-state index < -0.39 is 0 Å². The van der Waals surface area contributed by atoms with Crippen LogP contribution < -0.4 is 0 Å². The zero-order valence-corrected chi connectivity index (χ0v) is 10.7. The second kappa shape index (κ2) is 5.29. The van der Waals surface area contributed by atoms with E-state index in [0.717, 1.165) is 17.9 Å². The summed E-state index contributed by atoms with van der Waals surface area (Å²) in [6.45, 7) is 2.41. The van der Waals surface area contributed by atoms with Crippen LogP contribution in [-0.4, -0.2) is 22.8 Å². The predicted octanol–water partition coefficient (Wildman–Crippen LogP) is 3.50. The summed E-state index contributed by atoms with van der Waals surface area (Å²) in [4.78, 5) is 2.61. The molecule has 1 saturated heterocycles. The smallest absolute Gasteiger partial charge is 0.0245 e. The molecule has 1 fully saturated rings. The molecular formula is C11H16BrNS. The van der Waals surface area contributed by atoms with Gasteiger partial charge in [0.25, 0.3) is 0 Å². The summed E-state index contributed by atoms with van der Waals surface area (Å²) in [6, 6.07) is 2.99. The Balaban J connectivity index is 1.94. The van der Waals surface area contributed by atoms with Gasteiger partial charge in [0.05, 0.1) is 0 Å². The van der Waals surface area contributed by atoms with Gasteiger partial charge in [-0.15, -0.1) is 0 Å². The molecular weight excluding hydrogens is 258 g/mol. The molecule has 0 bridgehead atoms. The summed E-state index contributed by atoms with van der Waals surface area (Å²) < 4.78 is 0. The first-order valence-corrected chi connectivity index (χ1v) is 7.27. The van der Waals surface area contributed by atoms with E-state index in [2.05, 4.69) is 37.7 Å². The standard InChI is InChI=1S/C11H16BrNS/c12-7-11-3-1-2-5-13(11)8-10-4-6-14-9-10/h4,6,9,11H,1-3,5,7-8H2. The van der Waals surface area contributed by atoms with Gasteiger partial charge >= 0.3 is 0 Å². The Labute approximate surface area is 98.2 Å². The van der Waals surface area contributed by atoms with Crippen molar-refractivity contribution >= 4 is 27.3 Å². The van der Waals surface area contributed by atoms with Gasteiger partial charge in [-0.3, -0.25) is 4.90 Å². The van der Waals surface area contributed by atoms with Crippen molar-refractivity contribution in [3.05, 3.63) is 22.4 Å². The van der Waals surface area contributed by atoms with E-state index in [0.29, 0.717) is 0 Å². The quantitative estimate of drug-likeness (QED) is 0.762. The zero-order valence-electron chi connectivity index (χ0n) is 8.29.